The van der Waals surface area contributed by atoms with Crippen molar-refractivity contribution in [3.05, 3.63) is 58.1 Å². The highest BCUT2D eigenvalue weighted by Crippen LogP contribution is 2.41. The van der Waals surface area contributed by atoms with Gasteiger partial charge in [0.05, 0.1) is 37.3 Å². The number of carbonyl (C=O) groups is 1. The Morgan fingerprint density at radius 1 is 1.25 bits per heavy atom. The number of para-hydroxylation sites is 2. The fourth-order valence-electron chi connectivity index (χ4n) is 3.35. The van der Waals surface area contributed by atoms with Crippen LogP contribution in [0.1, 0.15) is 17.9 Å². The van der Waals surface area contributed by atoms with Crippen LogP contribution < -0.4 is 9.64 Å². The number of ether oxygens (including phenoxy) is 3. The third kappa shape index (κ3) is 4.07. The lowest BCUT2D eigenvalue weighted by atomic mass is 9.95. The molecule has 0 unspecified atom stereocenters. The van der Waals surface area contributed by atoms with Crippen molar-refractivity contribution >= 4 is 23.0 Å². The number of hydrogen-bond donors (Lipinski definition) is 0. The first-order chi connectivity index (χ1) is 13.5. The second-order valence-corrected chi connectivity index (χ2v) is 6.41. The summed E-state index contributed by atoms with van der Waals surface area (Å²) in [6, 6.07) is 12.5. The van der Waals surface area contributed by atoms with Crippen molar-refractivity contribution < 1.29 is 23.9 Å². The summed E-state index contributed by atoms with van der Waals surface area (Å²) < 4.78 is 15.6. The molecule has 8 heteroatoms. The molecule has 0 fully saturated rings. The number of rotatable bonds is 7. The van der Waals surface area contributed by atoms with Gasteiger partial charge in [0.25, 0.3) is 5.69 Å². The fourth-order valence-corrected chi connectivity index (χ4v) is 3.35. The third-order valence-corrected chi connectivity index (χ3v) is 4.70. The van der Waals surface area contributed by atoms with Gasteiger partial charge in [-0.15, -0.1) is 0 Å². The van der Waals surface area contributed by atoms with Crippen LogP contribution in [-0.4, -0.2) is 44.9 Å². The van der Waals surface area contributed by atoms with E-state index in [9.17, 15) is 14.9 Å². The summed E-state index contributed by atoms with van der Waals surface area (Å²) in [6.07, 6.45) is 0.0846. The van der Waals surface area contributed by atoms with Crippen LogP contribution >= 0.6 is 0 Å². The van der Waals surface area contributed by atoms with Gasteiger partial charge >= 0.3 is 5.97 Å². The van der Waals surface area contributed by atoms with Crippen molar-refractivity contribution in [3.63, 3.8) is 0 Å². The quantitative estimate of drug-likeness (QED) is 0.409. The summed E-state index contributed by atoms with van der Waals surface area (Å²) in [4.78, 5) is 25.0. The monoisotopic (exact) mass is 386 g/mol. The molecule has 148 valence electrons. The molecule has 0 N–H and O–H groups in total. The number of nitrogens with zero attached hydrogens (tertiary/aromatic N) is 2. The minimum Gasteiger partial charge on any atom is -0.490 e. The molecule has 0 aromatic heterocycles. The number of methoxy groups -OCH3 is 2. The van der Waals surface area contributed by atoms with Crippen LogP contribution in [0.5, 0.6) is 5.75 Å². The number of hydrogen-bond acceptors (Lipinski definition) is 7. The first-order valence-corrected chi connectivity index (χ1v) is 8.88. The van der Waals surface area contributed by atoms with Crippen molar-refractivity contribution in [1.82, 2.24) is 0 Å². The molecule has 0 saturated heterocycles. The number of anilines is 2. The average molecular weight is 386 g/mol. The van der Waals surface area contributed by atoms with Crippen LogP contribution in [0.15, 0.2) is 42.5 Å². The standard InChI is InChI=1S/C20H22N2O6/c1-26-13-15(12-20(23)27-2)14-7-8-16(18(11-14)22(24)25)21-9-10-28-19-6-4-3-5-17(19)21/h3-8,11,15H,9-10,12-13H2,1-2H3/t15-/m1/s1. The molecule has 0 bridgehead atoms. The molecular weight excluding hydrogens is 364 g/mol. The van der Waals surface area contributed by atoms with Gasteiger partial charge in [-0.1, -0.05) is 18.2 Å². The topological polar surface area (TPSA) is 91.1 Å². The van der Waals surface area contributed by atoms with Gasteiger partial charge in [0.1, 0.15) is 18.0 Å². The molecular formula is C20H22N2O6. The van der Waals surface area contributed by atoms with Crippen LogP contribution in [0.25, 0.3) is 0 Å². The Morgan fingerprint density at radius 2 is 2.04 bits per heavy atom. The highest BCUT2D eigenvalue weighted by atomic mass is 16.6. The van der Waals surface area contributed by atoms with E-state index < -0.39 is 10.9 Å². The van der Waals surface area contributed by atoms with Crippen molar-refractivity contribution in [1.29, 1.82) is 0 Å². The Morgan fingerprint density at radius 3 is 2.75 bits per heavy atom. The zero-order valence-electron chi connectivity index (χ0n) is 15.8. The SMILES string of the molecule is COC[C@@H](CC(=O)OC)c1ccc(N2CCOc3ccccc32)c([N+](=O)[O-])c1. The van der Waals surface area contributed by atoms with Crippen LogP contribution in [0, 0.1) is 10.1 Å². The Hall–Kier alpha value is -3.13. The molecule has 1 heterocycles. The van der Waals surface area contributed by atoms with Crippen molar-refractivity contribution in [3.8, 4) is 5.75 Å². The van der Waals surface area contributed by atoms with E-state index >= 15 is 0 Å². The molecule has 8 nitrogen and oxygen atoms in total. The summed E-state index contributed by atoms with van der Waals surface area (Å²) in [5.74, 6) is -0.0341. The van der Waals surface area contributed by atoms with Gasteiger partial charge in [-0.25, -0.2) is 0 Å². The molecule has 0 amide bonds. The largest absolute Gasteiger partial charge is 0.490 e. The van der Waals surface area contributed by atoms with E-state index in [1.807, 2.05) is 29.2 Å². The first kappa shape index (κ1) is 19.6. The van der Waals surface area contributed by atoms with E-state index in [1.54, 1.807) is 12.1 Å². The minimum absolute atomic E-state index is 0.0276. The normalized spacial score (nSPS) is 14.0. The van der Waals surface area contributed by atoms with Crippen LogP contribution in [0.2, 0.25) is 0 Å². The lowest BCUT2D eigenvalue weighted by Crippen LogP contribution is -2.29. The number of benzene rings is 2. The highest BCUT2D eigenvalue weighted by molar-refractivity contribution is 5.77. The molecule has 28 heavy (non-hydrogen) atoms. The molecule has 2 aromatic carbocycles. The maximum Gasteiger partial charge on any atom is 0.306 e. The maximum atomic E-state index is 11.8. The summed E-state index contributed by atoms with van der Waals surface area (Å²) in [6.45, 7) is 1.19. The lowest BCUT2D eigenvalue weighted by molar-refractivity contribution is -0.384. The Bertz CT molecular complexity index is 870. The van der Waals surface area contributed by atoms with E-state index in [0.717, 1.165) is 5.69 Å². The summed E-state index contributed by atoms with van der Waals surface area (Å²) in [5, 5.41) is 11.8. The molecule has 0 aliphatic carbocycles. The molecule has 1 aliphatic rings. The van der Waals surface area contributed by atoms with E-state index in [1.165, 1.54) is 20.3 Å². The predicted molar refractivity (Wildman–Crippen MR) is 103 cm³/mol. The minimum atomic E-state index is -0.404. The van der Waals surface area contributed by atoms with Gasteiger partial charge in [-0.3, -0.25) is 14.9 Å². The van der Waals surface area contributed by atoms with Gasteiger partial charge in [-0.2, -0.15) is 0 Å². The molecule has 0 spiro atoms. The molecule has 3 rings (SSSR count). The number of fused-ring (bicyclic) bond motifs is 1. The summed E-state index contributed by atoms with van der Waals surface area (Å²) in [5.41, 5.74) is 1.90. The molecule has 1 aliphatic heterocycles. The van der Waals surface area contributed by atoms with E-state index in [0.29, 0.717) is 30.2 Å². The lowest BCUT2D eigenvalue weighted by Gasteiger charge is -2.31. The maximum absolute atomic E-state index is 11.8. The molecule has 0 radical (unpaired) electrons. The number of esters is 1. The zero-order chi connectivity index (χ0) is 20.1. The van der Waals surface area contributed by atoms with Gasteiger partial charge in [-0.05, 0) is 23.8 Å². The second kappa shape index (κ2) is 8.71. The smallest absolute Gasteiger partial charge is 0.306 e. The molecule has 1 atom stereocenters. The van der Waals surface area contributed by atoms with Crippen LogP contribution in [0.4, 0.5) is 17.1 Å². The average Bonchev–Trinajstić information content (AvgIpc) is 2.72. The number of nitro benzene ring substituents is 1. The zero-order valence-corrected chi connectivity index (χ0v) is 15.8. The van der Waals surface area contributed by atoms with Crippen LogP contribution in [0.3, 0.4) is 0 Å². The van der Waals surface area contributed by atoms with Crippen molar-refractivity contribution in [2.75, 3.05) is 38.9 Å². The van der Waals surface area contributed by atoms with E-state index in [2.05, 4.69) is 0 Å². The van der Waals surface area contributed by atoms with Gasteiger partial charge < -0.3 is 19.1 Å². The highest BCUT2D eigenvalue weighted by Gasteiger charge is 2.27. The summed E-state index contributed by atoms with van der Waals surface area (Å²) in [7, 11) is 2.84. The van der Waals surface area contributed by atoms with Crippen molar-refractivity contribution in [2.45, 2.75) is 12.3 Å². The Kier molecular flexibility index (Phi) is 6.10. The third-order valence-electron chi connectivity index (χ3n) is 4.70. The molecule has 0 saturated carbocycles. The van der Waals surface area contributed by atoms with Gasteiger partial charge in [0.15, 0.2) is 0 Å². The van der Waals surface area contributed by atoms with E-state index in [4.69, 9.17) is 14.2 Å². The number of nitro groups is 1. The Balaban J connectivity index is 2.01. The Labute approximate surface area is 162 Å². The first-order valence-electron chi connectivity index (χ1n) is 8.88. The van der Waals surface area contributed by atoms with Crippen molar-refractivity contribution in [2.24, 2.45) is 0 Å². The van der Waals surface area contributed by atoms with Crippen LogP contribution in [-0.2, 0) is 14.3 Å². The predicted octanol–water partition coefficient (Wildman–Crippen LogP) is 3.42. The fraction of sp³-hybridized carbons (Fsp3) is 0.350. The van der Waals surface area contributed by atoms with E-state index in [-0.39, 0.29) is 24.6 Å². The summed E-state index contributed by atoms with van der Waals surface area (Å²) >= 11 is 0. The molecule has 2 aromatic rings. The second-order valence-electron chi connectivity index (χ2n) is 6.41. The van der Waals surface area contributed by atoms with Gasteiger partial charge in [0, 0.05) is 19.1 Å². The number of carbonyl (C=O) groups excluding carboxylic acids is 1. The van der Waals surface area contributed by atoms with Gasteiger partial charge in [0.2, 0.25) is 0 Å².